The molecule has 78 valence electrons. The van der Waals surface area contributed by atoms with Crippen molar-refractivity contribution in [3.63, 3.8) is 0 Å². The summed E-state index contributed by atoms with van der Waals surface area (Å²) in [4.78, 5) is 0. The van der Waals surface area contributed by atoms with Crippen LogP contribution >= 0.6 is 0 Å². The van der Waals surface area contributed by atoms with Crippen molar-refractivity contribution >= 4 is 16.1 Å². The molecule has 0 fully saturated rings. The minimum atomic E-state index is -1.12. The lowest BCUT2D eigenvalue weighted by Gasteiger charge is -2.29. The summed E-state index contributed by atoms with van der Waals surface area (Å²) >= 11 is 0. The quantitative estimate of drug-likeness (QED) is 0.677. The predicted octanol–water partition coefficient (Wildman–Crippen LogP) is 3.05. The number of aliphatic hydroxyl groups excluding tert-OH is 1. The Kier molecular flexibility index (Phi) is 5.18. The van der Waals surface area contributed by atoms with Crippen LogP contribution in [0.5, 0.6) is 0 Å². The monoisotopic (exact) mass is 216 g/mol. The molecular formula is C10H24OSi2. The molecular weight excluding hydrogens is 192 g/mol. The van der Waals surface area contributed by atoms with Crippen molar-refractivity contribution in [2.45, 2.75) is 44.3 Å². The minimum Gasteiger partial charge on any atom is -0.396 e. The summed E-state index contributed by atoms with van der Waals surface area (Å²) in [5, 5.41) is 8.80. The van der Waals surface area contributed by atoms with Gasteiger partial charge in [-0.1, -0.05) is 37.9 Å². The van der Waals surface area contributed by atoms with Crippen molar-refractivity contribution in [3.05, 3.63) is 12.3 Å². The van der Waals surface area contributed by atoms with Gasteiger partial charge < -0.3 is 5.11 Å². The summed E-state index contributed by atoms with van der Waals surface area (Å²) in [5.41, 5.74) is 3.60. The maximum absolute atomic E-state index is 8.80. The maximum atomic E-state index is 8.80. The van der Waals surface area contributed by atoms with Crippen molar-refractivity contribution in [1.82, 2.24) is 0 Å². The van der Waals surface area contributed by atoms with Gasteiger partial charge in [-0.15, -0.1) is 12.3 Å². The molecule has 0 saturated carbocycles. The first-order chi connectivity index (χ1) is 5.83. The van der Waals surface area contributed by atoms with E-state index in [1.54, 1.807) is 0 Å². The van der Waals surface area contributed by atoms with Crippen LogP contribution in [-0.2, 0) is 0 Å². The van der Waals surface area contributed by atoms with Crippen molar-refractivity contribution < 1.29 is 5.11 Å². The average Bonchev–Trinajstić information content (AvgIpc) is 1.99. The van der Waals surface area contributed by atoms with Gasteiger partial charge in [-0.2, -0.15) is 0 Å². The molecule has 1 N–H and O–H groups in total. The number of aliphatic hydroxyl groups is 1. The Balaban J connectivity index is 4.07. The molecule has 0 bridgehead atoms. The molecule has 0 atom stereocenters. The molecule has 13 heavy (non-hydrogen) atoms. The van der Waals surface area contributed by atoms with Gasteiger partial charge in [0.25, 0.3) is 0 Å². The topological polar surface area (TPSA) is 20.2 Å². The first-order valence-corrected chi connectivity index (χ1v) is 11.8. The van der Waals surface area contributed by atoms with Crippen LogP contribution in [0.25, 0.3) is 0 Å². The van der Waals surface area contributed by atoms with Gasteiger partial charge in [0.05, 0.1) is 8.07 Å². The Hall–Kier alpha value is 0.134. The summed E-state index contributed by atoms with van der Waals surface area (Å²) < 4.78 is 0. The Morgan fingerprint density at radius 2 is 1.77 bits per heavy atom. The molecule has 0 unspecified atom stereocenters. The van der Waals surface area contributed by atoms with Gasteiger partial charge in [0.15, 0.2) is 0 Å². The second-order valence-electron chi connectivity index (χ2n) is 5.36. The van der Waals surface area contributed by atoms with E-state index >= 15 is 0 Å². The van der Waals surface area contributed by atoms with Gasteiger partial charge >= 0.3 is 0 Å². The number of rotatable bonds is 6. The van der Waals surface area contributed by atoms with Crippen molar-refractivity contribution in [2.75, 3.05) is 6.61 Å². The molecule has 0 amide bonds. The molecule has 0 aliphatic rings. The lowest BCUT2D eigenvalue weighted by Crippen LogP contribution is -2.38. The Morgan fingerprint density at radius 3 is 2.15 bits per heavy atom. The molecule has 0 heterocycles. The largest absolute Gasteiger partial charge is 0.396 e. The summed E-state index contributed by atoms with van der Waals surface area (Å²) in [6, 6.07) is 1.26. The van der Waals surface area contributed by atoms with Crippen LogP contribution in [0.1, 0.15) is 6.42 Å². The zero-order valence-electron chi connectivity index (χ0n) is 9.56. The number of hydrogen-bond acceptors (Lipinski definition) is 1. The molecule has 0 spiro atoms. The van der Waals surface area contributed by atoms with Crippen LogP contribution in [0.3, 0.4) is 0 Å². The fraction of sp³-hybridized carbons (Fsp3) is 0.800. The highest BCUT2D eigenvalue weighted by Gasteiger charge is 2.29. The third-order valence-corrected chi connectivity index (χ3v) is 12.8. The van der Waals surface area contributed by atoms with E-state index in [1.807, 2.05) is 0 Å². The van der Waals surface area contributed by atoms with E-state index in [-0.39, 0.29) is 0 Å². The van der Waals surface area contributed by atoms with Gasteiger partial charge in [0, 0.05) is 14.7 Å². The molecule has 0 radical (unpaired) electrons. The SMILES string of the molecule is C=C[Si](C)(C)C[Si](C)(C)CCCO. The molecule has 1 nitrogen and oxygen atoms in total. The summed E-state index contributed by atoms with van der Waals surface area (Å²) in [6.07, 6.45) is 0.987. The summed E-state index contributed by atoms with van der Waals surface area (Å²) in [6.45, 7) is 13.9. The van der Waals surface area contributed by atoms with E-state index in [0.29, 0.717) is 6.61 Å². The van der Waals surface area contributed by atoms with Gasteiger partial charge in [-0.3, -0.25) is 0 Å². The van der Waals surface area contributed by atoms with Gasteiger partial charge in [0.1, 0.15) is 0 Å². The molecule has 0 saturated heterocycles. The fourth-order valence-corrected chi connectivity index (χ4v) is 14.2. The third kappa shape index (κ3) is 6.24. The molecule has 0 aromatic carbocycles. The first kappa shape index (κ1) is 13.1. The zero-order valence-corrected chi connectivity index (χ0v) is 11.6. The van der Waals surface area contributed by atoms with Crippen molar-refractivity contribution in [2.24, 2.45) is 0 Å². The highest BCUT2D eigenvalue weighted by atomic mass is 28.4. The van der Waals surface area contributed by atoms with Crippen molar-refractivity contribution in [1.29, 1.82) is 0 Å². The number of hydrogen-bond donors (Lipinski definition) is 1. The second kappa shape index (κ2) is 5.12. The zero-order chi connectivity index (χ0) is 10.5. The molecule has 0 aliphatic heterocycles. The van der Waals surface area contributed by atoms with Crippen LogP contribution in [0, 0.1) is 0 Å². The molecule has 0 aliphatic carbocycles. The van der Waals surface area contributed by atoms with E-state index in [9.17, 15) is 0 Å². The van der Waals surface area contributed by atoms with E-state index in [4.69, 9.17) is 5.11 Å². The second-order valence-corrected chi connectivity index (χ2v) is 16.0. The van der Waals surface area contributed by atoms with E-state index < -0.39 is 16.1 Å². The molecule has 0 aromatic heterocycles. The maximum Gasteiger partial charge on any atom is 0.0684 e. The molecule has 3 heteroatoms. The van der Waals surface area contributed by atoms with Crippen LogP contribution in [0.2, 0.25) is 37.9 Å². The molecule has 0 aromatic rings. The van der Waals surface area contributed by atoms with Crippen LogP contribution in [0.15, 0.2) is 12.3 Å². The first-order valence-electron chi connectivity index (χ1n) is 5.07. The lowest BCUT2D eigenvalue weighted by atomic mass is 10.5. The smallest absolute Gasteiger partial charge is 0.0684 e. The third-order valence-electron chi connectivity index (χ3n) is 2.50. The Morgan fingerprint density at radius 1 is 1.23 bits per heavy atom. The fourth-order valence-electron chi connectivity index (χ4n) is 1.95. The van der Waals surface area contributed by atoms with Crippen LogP contribution in [0.4, 0.5) is 0 Å². The summed E-state index contributed by atoms with van der Waals surface area (Å²) in [5.74, 6) is 0. The van der Waals surface area contributed by atoms with Gasteiger partial charge in [-0.25, -0.2) is 0 Å². The normalized spacial score (nSPS) is 13.0. The average molecular weight is 216 g/mol. The standard InChI is InChI=1S/C10H24OSi2/c1-6-12(2,3)10-13(4,5)9-7-8-11/h6,11H,1,7-10H2,2-5H3. The van der Waals surface area contributed by atoms with Gasteiger partial charge in [0.2, 0.25) is 0 Å². The predicted molar refractivity (Wildman–Crippen MR) is 66.5 cm³/mol. The van der Waals surface area contributed by atoms with Crippen LogP contribution in [-0.4, -0.2) is 27.9 Å². The Labute approximate surface area is 84.9 Å². The Bertz CT molecular complexity index is 164. The minimum absolute atomic E-state index is 0.354. The van der Waals surface area contributed by atoms with E-state index in [1.165, 1.54) is 11.7 Å². The molecule has 0 rings (SSSR count). The highest BCUT2D eigenvalue weighted by Crippen LogP contribution is 2.24. The van der Waals surface area contributed by atoms with E-state index in [0.717, 1.165) is 6.42 Å². The van der Waals surface area contributed by atoms with E-state index in [2.05, 4.69) is 38.5 Å². The van der Waals surface area contributed by atoms with Gasteiger partial charge in [-0.05, 0) is 6.42 Å². The summed E-state index contributed by atoms with van der Waals surface area (Å²) in [7, 11) is -2.17. The highest BCUT2D eigenvalue weighted by molar-refractivity contribution is 6.97. The van der Waals surface area contributed by atoms with Crippen molar-refractivity contribution in [3.8, 4) is 0 Å². The van der Waals surface area contributed by atoms with Crippen LogP contribution < -0.4 is 0 Å². The lowest BCUT2D eigenvalue weighted by molar-refractivity contribution is 0.294.